The number of carbonyl (C=O) groups excluding carboxylic acids is 2. The molecular formula is C15H13N3O2. The summed E-state index contributed by atoms with van der Waals surface area (Å²) in [5, 5.41) is 5.46. The van der Waals surface area contributed by atoms with Gasteiger partial charge in [-0.25, -0.2) is 0 Å². The molecule has 0 radical (unpaired) electrons. The number of nitrogens with zero attached hydrogens (tertiary/aromatic N) is 1. The van der Waals surface area contributed by atoms with Gasteiger partial charge in [0.2, 0.25) is 0 Å². The van der Waals surface area contributed by atoms with Crippen molar-refractivity contribution in [1.29, 1.82) is 0 Å². The minimum absolute atomic E-state index is 0.336. The van der Waals surface area contributed by atoms with Crippen molar-refractivity contribution in [3.8, 4) is 0 Å². The second kappa shape index (κ2) is 4.77. The third-order valence-electron chi connectivity index (χ3n) is 3.18. The lowest BCUT2D eigenvalue weighted by molar-refractivity contribution is 0.0879. The van der Waals surface area contributed by atoms with E-state index in [9.17, 15) is 9.59 Å². The van der Waals surface area contributed by atoms with Crippen molar-refractivity contribution >= 4 is 17.5 Å². The summed E-state index contributed by atoms with van der Waals surface area (Å²) in [7, 11) is 0. The smallest absolute Gasteiger partial charge is 0.259 e. The summed E-state index contributed by atoms with van der Waals surface area (Å²) < 4.78 is 0. The number of rotatable bonds is 3. The van der Waals surface area contributed by atoms with E-state index < -0.39 is 0 Å². The standard InChI is InChI=1S/C15H13N3O2/c1-9-2-3-11(16-7-9)8-17-10-4-5-12-13(6-10)15(20)18-14(12)19/h2-7,17H,8H2,1H3,(H,18,19,20). The van der Waals surface area contributed by atoms with Crippen LogP contribution >= 0.6 is 0 Å². The number of aromatic nitrogens is 1. The van der Waals surface area contributed by atoms with Crippen LogP contribution in [0.4, 0.5) is 5.69 Å². The molecule has 1 aromatic heterocycles. The highest BCUT2D eigenvalue weighted by molar-refractivity contribution is 6.21. The van der Waals surface area contributed by atoms with Crippen LogP contribution in [-0.2, 0) is 6.54 Å². The first-order chi connectivity index (χ1) is 9.63. The van der Waals surface area contributed by atoms with E-state index in [1.54, 1.807) is 18.2 Å². The molecule has 2 N–H and O–H groups in total. The number of benzene rings is 1. The highest BCUT2D eigenvalue weighted by Crippen LogP contribution is 2.20. The normalized spacial score (nSPS) is 13.1. The Morgan fingerprint density at radius 2 is 1.90 bits per heavy atom. The Morgan fingerprint density at radius 3 is 2.65 bits per heavy atom. The lowest BCUT2D eigenvalue weighted by Crippen LogP contribution is -2.19. The fourth-order valence-electron chi connectivity index (χ4n) is 2.07. The number of fused-ring (bicyclic) bond motifs is 1. The van der Waals surface area contributed by atoms with Gasteiger partial charge in [0.25, 0.3) is 11.8 Å². The molecule has 100 valence electrons. The molecule has 0 spiro atoms. The number of aryl methyl sites for hydroxylation is 1. The maximum Gasteiger partial charge on any atom is 0.259 e. The van der Waals surface area contributed by atoms with E-state index in [4.69, 9.17) is 0 Å². The fraction of sp³-hybridized carbons (Fsp3) is 0.133. The number of hydrogen-bond acceptors (Lipinski definition) is 4. The van der Waals surface area contributed by atoms with Gasteiger partial charge in [0.05, 0.1) is 23.4 Å². The predicted octanol–water partition coefficient (Wildman–Crippen LogP) is 1.89. The Labute approximate surface area is 116 Å². The Kier molecular flexibility index (Phi) is 2.95. The molecule has 0 atom stereocenters. The minimum Gasteiger partial charge on any atom is -0.379 e. The summed E-state index contributed by atoms with van der Waals surface area (Å²) >= 11 is 0. The molecule has 0 saturated carbocycles. The van der Waals surface area contributed by atoms with Crippen molar-refractivity contribution in [3.05, 3.63) is 58.9 Å². The number of hydrogen-bond donors (Lipinski definition) is 2. The summed E-state index contributed by atoms with van der Waals surface area (Å²) in [4.78, 5) is 27.3. The third kappa shape index (κ3) is 2.25. The number of nitrogens with one attached hydrogen (secondary N) is 2. The first kappa shape index (κ1) is 12.3. The van der Waals surface area contributed by atoms with Crippen LogP contribution in [0.25, 0.3) is 0 Å². The lowest BCUT2D eigenvalue weighted by Gasteiger charge is -2.07. The molecule has 2 amide bonds. The van der Waals surface area contributed by atoms with E-state index in [1.165, 1.54) is 0 Å². The maximum absolute atomic E-state index is 11.6. The van der Waals surface area contributed by atoms with Gasteiger partial charge in [-0.3, -0.25) is 19.9 Å². The maximum atomic E-state index is 11.6. The summed E-state index contributed by atoms with van der Waals surface area (Å²) in [5.74, 6) is -0.682. The summed E-state index contributed by atoms with van der Waals surface area (Å²) in [6.45, 7) is 2.55. The molecule has 0 saturated heterocycles. The van der Waals surface area contributed by atoms with E-state index in [0.717, 1.165) is 16.9 Å². The number of carbonyl (C=O) groups is 2. The van der Waals surface area contributed by atoms with Gasteiger partial charge in [0, 0.05) is 11.9 Å². The second-order valence-corrected chi connectivity index (χ2v) is 4.72. The zero-order valence-corrected chi connectivity index (χ0v) is 10.9. The molecule has 5 nitrogen and oxygen atoms in total. The van der Waals surface area contributed by atoms with Gasteiger partial charge in [-0.1, -0.05) is 6.07 Å². The van der Waals surface area contributed by atoms with E-state index >= 15 is 0 Å². The molecule has 5 heteroatoms. The SMILES string of the molecule is Cc1ccc(CNc2ccc3c(c2)C(=O)NC3=O)nc1. The van der Waals surface area contributed by atoms with Crippen molar-refractivity contribution in [2.24, 2.45) is 0 Å². The number of pyridine rings is 1. The van der Waals surface area contributed by atoms with Crippen LogP contribution < -0.4 is 10.6 Å². The third-order valence-corrected chi connectivity index (χ3v) is 3.18. The fourth-order valence-corrected chi connectivity index (χ4v) is 2.07. The van der Waals surface area contributed by atoms with Crippen molar-refractivity contribution in [3.63, 3.8) is 0 Å². The van der Waals surface area contributed by atoms with Gasteiger partial charge >= 0.3 is 0 Å². The number of anilines is 1. The Balaban J connectivity index is 1.76. The topological polar surface area (TPSA) is 71.1 Å². The molecule has 0 fully saturated rings. The highest BCUT2D eigenvalue weighted by atomic mass is 16.2. The number of imide groups is 1. The lowest BCUT2D eigenvalue weighted by atomic mass is 10.1. The Morgan fingerprint density at radius 1 is 1.10 bits per heavy atom. The van der Waals surface area contributed by atoms with Crippen LogP contribution in [0.15, 0.2) is 36.5 Å². The van der Waals surface area contributed by atoms with E-state index in [0.29, 0.717) is 17.7 Å². The summed E-state index contributed by atoms with van der Waals surface area (Å²) in [6, 6.07) is 9.07. The molecule has 0 aliphatic carbocycles. The van der Waals surface area contributed by atoms with Crippen LogP contribution in [0.5, 0.6) is 0 Å². The van der Waals surface area contributed by atoms with Crippen molar-refractivity contribution in [2.45, 2.75) is 13.5 Å². The monoisotopic (exact) mass is 267 g/mol. The van der Waals surface area contributed by atoms with Gasteiger partial charge in [-0.05, 0) is 36.8 Å². The molecule has 1 aromatic carbocycles. The van der Waals surface area contributed by atoms with Gasteiger partial charge in [-0.2, -0.15) is 0 Å². The van der Waals surface area contributed by atoms with Crippen molar-refractivity contribution in [2.75, 3.05) is 5.32 Å². The minimum atomic E-state index is -0.345. The molecule has 2 heterocycles. The molecule has 20 heavy (non-hydrogen) atoms. The quantitative estimate of drug-likeness (QED) is 0.833. The second-order valence-electron chi connectivity index (χ2n) is 4.72. The molecule has 1 aliphatic rings. The van der Waals surface area contributed by atoms with Gasteiger partial charge in [-0.15, -0.1) is 0 Å². The molecule has 2 aromatic rings. The Bertz CT molecular complexity index is 693. The first-order valence-corrected chi connectivity index (χ1v) is 6.28. The van der Waals surface area contributed by atoms with E-state index in [2.05, 4.69) is 15.6 Å². The Hall–Kier alpha value is -2.69. The van der Waals surface area contributed by atoms with E-state index in [-0.39, 0.29) is 11.8 Å². The molecule has 3 rings (SSSR count). The van der Waals surface area contributed by atoms with Gasteiger partial charge in [0.1, 0.15) is 0 Å². The summed E-state index contributed by atoms with van der Waals surface area (Å²) in [5.41, 5.74) is 3.65. The van der Waals surface area contributed by atoms with E-state index in [1.807, 2.05) is 25.3 Å². The summed E-state index contributed by atoms with van der Waals surface area (Å²) in [6.07, 6.45) is 1.81. The van der Waals surface area contributed by atoms with Crippen LogP contribution in [0.1, 0.15) is 32.0 Å². The average molecular weight is 267 g/mol. The first-order valence-electron chi connectivity index (χ1n) is 6.28. The van der Waals surface area contributed by atoms with Crippen LogP contribution in [0.2, 0.25) is 0 Å². The molecular weight excluding hydrogens is 254 g/mol. The molecule has 0 bridgehead atoms. The van der Waals surface area contributed by atoms with Crippen LogP contribution in [0.3, 0.4) is 0 Å². The zero-order valence-electron chi connectivity index (χ0n) is 10.9. The van der Waals surface area contributed by atoms with Gasteiger partial charge in [0.15, 0.2) is 0 Å². The van der Waals surface area contributed by atoms with Gasteiger partial charge < -0.3 is 5.32 Å². The van der Waals surface area contributed by atoms with Crippen LogP contribution in [0, 0.1) is 6.92 Å². The zero-order chi connectivity index (χ0) is 14.1. The number of amides is 2. The predicted molar refractivity (Wildman–Crippen MR) is 74.5 cm³/mol. The van der Waals surface area contributed by atoms with Crippen molar-refractivity contribution < 1.29 is 9.59 Å². The van der Waals surface area contributed by atoms with Crippen molar-refractivity contribution in [1.82, 2.24) is 10.3 Å². The molecule has 0 unspecified atom stereocenters. The van der Waals surface area contributed by atoms with Crippen LogP contribution in [-0.4, -0.2) is 16.8 Å². The average Bonchev–Trinajstić information content (AvgIpc) is 2.73. The highest BCUT2D eigenvalue weighted by Gasteiger charge is 2.26. The molecule has 1 aliphatic heterocycles. The largest absolute Gasteiger partial charge is 0.379 e.